The van der Waals surface area contributed by atoms with Gasteiger partial charge in [-0.3, -0.25) is 4.79 Å². The predicted octanol–water partition coefficient (Wildman–Crippen LogP) is 4.13. The first-order valence-electron chi connectivity index (χ1n) is 11.4. The smallest absolute Gasteiger partial charge is 0.326 e. The molecule has 0 saturated heterocycles. The number of aliphatic carboxylic acids is 1. The SMILES string of the molecule is CCOCC1=CC(OC)=C(c2ccc(C[C@H](NC(=O)c3c(F)cccc3F)C(=O)O)cc2)C(OC)C1. The summed E-state index contributed by atoms with van der Waals surface area (Å²) in [6.45, 7) is 3.01. The van der Waals surface area contributed by atoms with Crippen LogP contribution in [-0.4, -0.2) is 56.6 Å². The number of carbonyl (C=O) groups excluding carboxylic acids is 1. The Hall–Kier alpha value is -3.56. The van der Waals surface area contributed by atoms with Gasteiger partial charge in [-0.1, -0.05) is 30.3 Å². The summed E-state index contributed by atoms with van der Waals surface area (Å²) in [5.74, 6) is -3.95. The van der Waals surface area contributed by atoms with Gasteiger partial charge in [0.15, 0.2) is 0 Å². The third-order valence-corrected chi connectivity index (χ3v) is 5.86. The molecule has 192 valence electrons. The van der Waals surface area contributed by atoms with Gasteiger partial charge in [0.05, 0.1) is 19.8 Å². The minimum Gasteiger partial charge on any atom is -0.496 e. The molecule has 2 atom stereocenters. The maximum atomic E-state index is 13.9. The number of carboxylic acids is 1. The van der Waals surface area contributed by atoms with E-state index in [-0.39, 0.29) is 12.5 Å². The molecule has 1 amide bonds. The Morgan fingerprint density at radius 2 is 1.78 bits per heavy atom. The molecule has 0 saturated carbocycles. The Bertz CT molecular complexity index is 1140. The quantitative estimate of drug-likeness (QED) is 0.481. The fourth-order valence-electron chi connectivity index (χ4n) is 4.05. The lowest BCUT2D eigenvalue weighted by Gasteiger charge is -2.27. The van der Waals surface area contributed by atoms with Crippen LogP contribution >= 0.6 is 0 Å². The van der Waals surface area contributed by atoms with Crippen molar-refractivity contribution >= 4 is 17.4 Å². The van der Waals surface area contributed by atoms with Gasteiger partial charge in [-0.2, -0.15) is 0 Å². The van der Waals surface area contributed by atoms with E-state index in [4.69, 9.17) is 14.2 Å². The van der Waals surface area contributed by atoms with Crippen molar-refractivity contribution in [2.75, 3.05) is 27.4 Å². The molecular weight excluding hydrogens is 472 g/mol. The van der Waals surface area contributed by atoms with Gasteiger partial charge in [-0.15, -0.1) is 0 Å². The first kappa shape index (κ1) is 27.0. The first-order valence-corrected chi connectivity index (χ1v) is 11.4. The van der Waals surface area contributed by atoms with E-state index in [1.54, 1.807) is 26.4 Å². The van der Waals surface area contributed by atoms with Crippen molar-refractivity contribution in [3.05, 3.63) is 88.2 Å². The van der Waals surface area contributed by atoms with Gasteiger partial charge in [0.2, 0.25) is 0 Å². The number of benzene rings is 2. The summed E-state index contributed by atoms with van der Waals surface area (Å²) >= 11 is 0. The van der Waals surface area contributed by atoms with Gasteiger partial charge < -0.3 is 24.6 Å². The largest absolute Gasteiger partial charge is 0.496 e. The Labute approximate surface area is 208 Å². The monoisotopic (exact) mass is 501 g/mol. The molecule has 0 fully saturated rings. The Morgan fingerprint density at radius 1 is 1.11 bits per heavy atom. The maximum Gasteiger partial charge on any atom is 0.326 e. The molecule has 9 heteroatoms. The maximum absolute atomic E-state index is 13.9. The normalized spacial score (nSPS) is 16.4. The molecule has 0 spiro atoms. The standard InChI is InChI=1S/C27H29F2NO6/c1-4-36-15-17-13-22(34-2)24(23(14-17)35-3)18-10-8-16(9-11-18)12-21(27(32)33)30-26(31)25-19(28)6-5-7-20(25)29/h5-11,13,21,23H,4,12,14-15H2,1-3H3,(H,30,31)(H,32,33)/t21-,23?/m0/s1. The molecule has 0 heterocycles. The number of hydrogen-bond acceptors (Lipinski definition) is 5. The molecule has 7 nitrogen and oxygen atoms in total. The summed E-state index contributed by atoms with van der Waals surface area (Å²) in [4.78, 5) is 24.1. The van der Waals surface area contributed by atoms with Crippen LogP contribution in [0.15, 0.2) is 59.9 Å². The fourth-order valence-corrected chi connectivity index (χ4v) is 4.05. The van der Waals surface area contributed by atoms with Crippen LogP contribution in [0, 0.1) is 11.6 Å². The van der Waals surface area contributed by atoms with E-state index in [0.29, 0.717) is 31.0 Å². The van der Waals surface area contributed by atoms with E-state index >= 15 is 0 Å². The van der Waals surface area contributed by atoms with Crippen LogP contribution in [0.4, 0.5) is 8.78 Å². The van der Waals surface area contributed by atoms with Gasteiger partial charge >= 0.3 is 5.97 Å². The van der Waals surface area contributed by atoms with Crippen LogP contribution in [0.25, 0.3) is 5.57 Å². The summed E-state index contributed by atoms with van der Waals surface area (Å²) < 4.78 is 44.7. The number of allylic oxidation sites excluding steroid dienone is 1. The van der Waals surface area contributed by atoms with Crippen molar-refractivity contribution < 1.29 is 37.7 Å². The zero-order valence-corrected chi connectivity index (χ0v) is 20.3. The lowest BCUT2D eigenvalue weighted by Crippen LogP contribution is -2.42. The molecule has 2 N–H and O–H groups in total. The van der Waals surface area contributed by atoms with Gasteiger partial charge in [-0.05, 0) is 41.8 Å². The second-order valence-corrected chi connectivity index (χ2v) is 8.21. The van der Waals surface area contributed by atoms with Crippen LogP contribution in [0.3, 0.4) is 0 Å². The number of amides is 1. The Morgan fingerprint density at radius 3 is 2.33 bits per heavy atom. The number of rotatable bonds is 11. The predicted molar refractivity (Wildman–Crippen MR) is 129 cm³/mol. The molecule has 1 aliphatic rings. The van der Waals surface area contributed by atoms with E-state index in [0.717, 1.165) is 34.9 Å². The second-order valence-electron chi connectivity index (χ2n) is 8.21. The van der Waals surface area contributed by atoms with E-state index < -0.39 is 35.1 Å². The van der Waals surface area contributed by atoms with Crippen LogP contribution in [-0.2, 0) is 25.4 Å². The van der Waals surface area contributed by atoms with Crippen molar-refractivity contribution in [3.63, 3.8) is 0 Å². The van der Waals surface area contributed by atoms with E-state index in [1.807, 2.05) is 25.1 Å². The van der Waals surface area contributed by atoms with Crippen molar-refractivity contribution in [2.24, 2.45) is 0 Å². The number of carbonyl (C=O) groups is 2. The zero-order valence-electron chi connectivity index (χ0n) is 20.3. The Balaban J connectivity index is 1.81. The molecular formula is C27H29F2NO6. The summed E-state index contributed by atoms with van der Waals surface area (Å²) in [6, 6.07) is 8.69. The topological polar surface area (TPSA) is 94.1 Å². The number of halogens is 2. The average molecular weight is 502 g/mol. The highest BCUT2D eigenvalue weighted by molar-refractivity contribution is 5.97. The van der Waals surface area contributed by atoms with Crippen molar-refractivity contribution in [3.8, 4) is 0 Å². The fraction of sp³-hybridized carbons (Fsp3) is 0.333. The summed E-state index contributed by atoms with van der Waals surface area (Å²) in [5.41, 5.74) is 2.52. The third kappa shape index (κ3) is 6.35. The first-order chi connectivity index (χ1) is 17.3. The number of methoxy groups -OCH3 is 2. The second kappa shape index (κ2) is 12.4. The molecule has 1 aliphatic carbocycles. The van der Waals surface area contributed by atoms with Crippen LogP contribution < -0.4 is 5.32 Å². The highest BCUT2D eigenvalue weighted by atomic mass is 19.1. The Kier molecular flexibility index (Phi) is 9.32. The molecule has 0 radical (unpaired) electrons. The summed E-state index contributed by atoms with van der Waals surface area (Å²) in [7, 11) is 3.20. The number of carboxylic acid groups (broad SMARTS) is 1. The number of hydrogen-bond donors (Lipinski definition) is 2. The number of nitrogens with one attached hydrogen (secondary N) is 1. The average Bonchev–Trinajstić information content (AvgIpc) is 2.86. The molecule has 2 aromatic carbocycles. The lowest BCUT2D eigenvalue weighted by molar-refractivity contribution is -0.139. The molecule has 0 aliphatic heterocycles. The minimum absolute atomic E-state index is 0.0836. The minimum atomic E-state index is -1.39. The molecule has 1 unspecified atom stereocenters. The van der Waals surface area contributed by atoms with Gasteiger partial charge in [0.1, 0.15) is 29.0 Å². The zero-order chi connectivity index (χ0) is 26.2. The van der Waals surface area contributed by atoms with Crippen LogP contribution in [0.5, 0.6) is 0 Å². The molecule has 2 aromatic rings. The molecule has 0 bridgehead atoms. The van der Waals surface area contributed by atoms with Crippen LogP contribution in [0.2, 0.25) is 0 Å². The van der Waals surface area contributed by atoms with E-state index in [1.165, 1.54) is 0 Å². The van der Waals surface area contributed by atoms with Gasteiger partial charge in [0.25, 0.3) is 5.91 Å². The van der Waals surface area contributed by atoms with Crippen molar-refractivity contribution in [1.82, 2.24) is 5.32 Å². The molecule has 36 heavy (non-hydrogen) atoms. The highest BCUT2D eigenvalue weighted by Gasteiger charge is 2.27. The molecule has 3 rings (SSSR count). The lowest BCUT2D eigenvalue weighted by atomic mass is 9.88. The molecule has 0 aromatic heterocycles. The summed E-state index contributed by atoms with van der Waals surface area (Å²) in [5, 5.41) is 11.8. The summed E-state index contributed by atoms with van der Waals surface area (Å²) in [6.07, 6.45) is 2.24. The van der Waals surface area contributed by atoms with Gasteiger partial charge in [-0.25, -0.2) is 13.6 Å². The third-order valence-electron chi connectivity index (χ3n) is 5.86. The van der Waals surface area contributed by atoms with Crippen LogP contribution in [0.1, 0.15) is 34.8 Å². The van der Waals surface area contributed by atoms with Gasteiger partial charge in [0, 0.05) is 32.1 Å². The van der Waals surface area contributed by atoms with E-state index in [9.17, 15) is 23.5 Å². The van der Waals surface area contributed by atoms with E-state index in [2.05, 4.69) is 5.32 Å². The van der Waals surface area contributed by atoms with Crippen molar-refractivity contribution in [2.45, 2.75) is 31.9 Å². The number of ether oxygens (including phenoxy) is 3. The van der Waals surface area contributed by atoms with Crippen molar-refractivity contribution in [1.29, 1.82) is 0 Å². The highest BCUT2D eigenvalue weighted by Crippen LogP contribution is 2.34.